The van der Waals surface area contributed by atoms with Crippen molar-refractivity contribution in [3.05, 3.63) is 64.9 Å². The Morgan fingerprint density at radius 3 is 2.17 bits per heavy atom. The highest BCUT2D eigenvalue weighted by molar-refractivity contribution is 7.90. The highest BCUT2D eigenvalue weighted by atomic mass is 35.5. The van der Waals surface area contributed by atoms with E-state index in [4.69, 9.17) is 11.6 Å². The van der Waals surface area contributed by atoms with Crippen molar-refractivity contribution < 1.29 is 22.4 Å². The van der Waals surface area contributed by atoms with Gasteiger partial charge in [-0.3, -0.25) is 9.59 Å². The van der Waals surface area contributed by atoms with E-state index in [1.807, 2.05) is 13.8 Å². The van der Waals surface area contributed by atoms with E-state index in [9.17, 15) is 22.4 Å². The molecule has 0 saturated heterocycles. The van der Waals surface area contributed by atoms with Crippen LogP contribution in [0, 0.1) is 5.82 Å². The Labute approximate surface area is 218 Å². The van der Waals surface area contributed by atoms with Gasteiger partial charge in [-0.15, -0.1) is 0 Å². The normalized spacial score (nSPS) is 13.2. The molecule has 0 aromatic heterocycles. The van der Waals surface area contributed by atoms with Crippen LogP contribution in [0.2, 0.25) is 5.02 Å². The lowest BCUT2D eigenvalue weighted by atomic mass is 10.1. The molecule has 2 aromatic carbocycles. The number of benzene rings is 2. The van der Waals surface area contributed by atoms with Gasteiger partial charge >= 0.3 is 10.2 Å². The van der Waals surface area contributed by atoms with Gasteiger partial charge in [0.05, 0.1) is 5.69 Å². The number of carbonyl (C=O) groups excluding carboxylic acids is 2. The van der Waals surface area contributed by atoms with E-state index in [0.717, 1.165) is 20.7 Å². The van der Waals surface area contributed by atoms with Crippen LogP contribution in [0.5, 0.6) is 0 Å². The second-order valence-corrected chi connectivity index (χ2v) is 11.1. The van der Waals surface area contributed by atoms with E-state index < -0.39 is 34.5 Å². The van der Waals surface area contributed by atoms with Crippen molar-refractivity contribution in [3.63, 3.8) is 0 Å². The number of hydrogen-bond donors (Lipinski definition) is 1. The van der Waals surface area contributed by atoms with Gasteiger partial charge in [0.25, 0.3) is 0 Å². The molecule has 0 bridgehead atoms. The molecule has 0 unspecified atom stereocenters. The molecule has 8 nitrogen and oxygen atoms in total. The average molecular weight is 541 g/mol. The highest BCUT2D eigenvalue weighted by Gasteiger charge is 2.34. The van der Waals surface area contributed by atoms with Crippen LogP contribution >= 0.6 is 11.6 Å². The van der Waals surface area contributed by atoms with E-state index in [1.165, 1.54) is 31.1 Å². The monoisotopic (exact) mass is 540 g/mol. The molecule has 2 atom stereocenters. The first kappa shape index (κ1) is 29.5. The lowest BCUT2D eigenvalue weighted by Gasteiger charge is -2.34. The Morgan fingerprint density at radius 1 is 1.03 bits per heavy atom. The topological polar surface area (TPSA) is 90.0 Å². The predicted octanol–water partition coefficient (Wildman–Crippen LogP) is 3.81. The van der Waals surface area contributed by atoms with Gasteiger partial charge < -0.3 is 10.2 Å². The number of anilines is 1. The Balaban J connectivity index is 2.51. The lowest BCUT2D eigenvalue weighted by molar-refractivity contribution is -0.140. The maximum absolute atomic E-state index is 13.7. The van der Waals surface area contributed by atoms with Gasteiger partial charge in [-0.25, -0.2) is 8.70 Å². The minimum Gasteiger partial charge on any atom is -0.352 e. The number of amides is 2. The average Bonchev–Trinajstić information content (AvgIpc) is 2.83. The van der Waals surface area contributed by atoms with Crippen LogP contribution in [0.15, 0.2) is 48.5 Å². The van der Waals surface area contributed by atoms with Crippen molar-refractivity contribution in [3.8, 4) is 0 Å². The van der Waals surface area contributed by atoms with Crippen LogP contribution in [0.4, 0.5) is 10.1 Å². The molecule has 11 heteroatoms. The Morgan fingerprint density at radius 2 is 1.64 bits per heavy atom. The molecular weight excluding hydrogens is 507 g/mol. The molecule has 0 saturated carbocycles. The van der Waals surface area contributed by atoms with E-state index in [1.54, 1.807) is 31.2 Å². The summed E-state index contributed by atoms with van der Waals surface area (Å²) in [6.07, 6.45) is 1.01. The molecule has 0 spiro atoms. The number of carbonyl (C=O) groups is 2. The molecule has 0 heterocycles. The largest absolute Gasteiger partial charge is 0.352 e. The molecule has 2 rings (SSSR count). The van der Waals surface area contributed by atoms with Crippen LogP contribution < -0.4 is 9.62 Å². The first-order valence-corrected chi connectivity index (χ1v) is 13.5. The molecule has 0 aliphatic carbocycles. The summed E-state index contributed by atoms with van der Waals surface area (Å²) >= 11 is 6.35. The molecule has 0 fully saturated rings. The fraction of sp³-hybridized carbons (Fsp3) is 0.440. The van der Waals surface area contributed by atoms with Gasteiger partial charge in [0.15, 0.2) is 0 Å². The fourth-order valence-corrected chi connectivity index (χ4v) is 4.75. The van der Waals surface area contributed by atoms with Gasteiger partial charge in [0, 0.05) is 31.7 Å². The van der Waals surface area contributed by atoms with Crippen LogP contribution in [-0.2, 0) is 26.3 Å². The molecule has 198 valence electrons. The molecule has 0 aliphatic heterocycles. The highest BCUT2D eigenvalue weighted by Crippen LogP contribution is 2.23. The van der Waals surface area contributed by atoms with Gasteiger partial charge in [-0.2, -0.15) is 12.7 Å². The molecule has 2 aromatic rings. The quantitative estimate of drug-likeness (QED) is 0.443. The SMILES string of the molecule is CC[C@@H](C)NC(=O)[C@H](CC)N(Cc1ccccc1Cl)C(=O)CN(c1ccc(F)cc1)S(=O)(=O)N(C)C. The third-order valence-electron chi connectivity index (χ3n) is 5.82. The zero-order valence-electron chi connectivity index (χ0n) is 21.2. The molecular formula is C25H34ClFN4O4S. The zero-order chi connectivity index (χ0) is 27.0. The molecule has 36 heavy (non-hydrogen) atoms. The Hall–Kier alpha value is -2.69. The van der Waals surface area contributed by atoms with Crippen molar-refractivity contribution in [2.24, 2.45) is 0 Å². The third kappa shape index (κ3) is 7.41. The number of nitrogens with one attached hydrogen (secondary N) is 1. The third-order valence-corrected chi connectivity index (χ3v) is 8.01. The van der Waals surface area contributed by atoms with Crippen molar-refractivity contribution in [1.29, 1.82) is 0 Å². The lowest BCUT2D eigenvalue weighted by Crippen LogP contribution is -2.54. The molecule has 0 aliphatic rings. The summed E-state index contributed by atoms with van der Waals surface area (Å²) in [6, 6.07) is 10.8. The van der Waals surface area contributed by atoms with Crippen LogP contribution in [0.3, 0.4) is 0 Å². The summed E-state index contributed by atoms with van der Waals surface area (Å²) in [5.41, 5.74) is 0.736. The van der Waals surface area contributed by atoms with Crippen LogP contribution in [-0.4, -0.2) is 62.2 Å². The van der Waals surface area contributed by atoms with Crippen LogP contribution in [0.1, 0.15) is 39.2 Å². The van der Waals surface area contributed by atoms with Gasteiger partial charge in [0.1, 0.15) is 18.4 Å². The summed E-state index contributed by atoms with van der Waals surface area (Å²) in [7, 11) is -1.44. The Bertz CT molecular complexity index is 1150. The standard InChI is InChI=1S/C25H34ClFN4O4S/c1-6-18(3)28-25(33)23(7-2)30(16-19-10-8-9-11-22(19)26)24(32)17-31(36(34,35)29(4)5)21-14-12-20(27)13-15-21/h8-15,18,23H,6-7,16-17H2,1-5H3,(H,28,33)/t18-,23+/m1/s1. The first-order chi connectivity index (χ1) is 16.9. The minimum atomic E-state index is -4.12. The zero-order valence-corrected chi connectivity index (χ0v) is 22.8. The van der Waals surface area contributed by atoms with Crippen molar-refractivity contribution >= 4 is 39.3 Å². The summed E-state index contributed by atoms with van der Waals surface area (Å²) in [5.74, 6) is -1.48. The number of halogens is 2. The summed E-state index contributed by atoms with van der Waals surface area (Å²) in [4.78, 5) is 28.2. The number of nitrogens with zero attached hydrogens (tertiary/aromatic N) is 3. The molecule has 1 N–H and O–H groups in total. The summed E-state index contributed by atoms with van der Waals surface area (Å²) < 4.78 is 41.7. The molecule has 2 amide bonds. The summed E-state index contributed by atoms with van der Waals surface area (Å²) in [5, 5.41) is 3.33. The fourth-order valence-electron chi connectivity index (χ4n) is 3.49. The van der Waals surface area contributed by atoms with Crippen molar-refractivity contribution in [2.45, 2.75) is 52.2 Å². The van der Waals surface area contributed by atoms with Crippen LogP contribution in [0.25, 0.3) is 0 Å². The van der Waals surface area contributed by atoms with Crippen molar-refractivity contribution in [1.82, 2.24) is 14.5 Å². The smallest absolute Gasteiger partial charge is 0.304 e. The minimum absolute atomic E-state index is 0.00418. The first-order valence-electron chi connectivity index (χ1n) is 11.7. The van der Waals surface area contributed by atoms with Gasteiger partial charge in [-0.1, -0.05) is 43.6 Å². The van der Waals surface area contributed by atoms with Crippen molar-refractivity contribution in [2.75, 3.05) is 24.9 Å². The maximum atomic E-state index is 13.7. The van der Waals surface area contributed by atoms with E-state index in [0.29, 0.717) is 23.4 Å². The number of rotatable bonds is 12. The second-order valence-electron chi connectivity index (χ2n) is 8.63. The summed E-state index contributed by atoms with van der Waals surface area (Å²) in [6.45, 7) is 4.99. The maximum Gasteiger partial charge on any atom is 0.304 e. The van der Waals surface area contributed by atoms with Gasteiger partial charge in [-0.05, 0) is 55.7 Å². The second kappa shape index (κ2) is 13.0. The van der Waals surface area contributed by atoms with E-state index in [-0.39, 0.29) is 24.2 Å². The Kier molecular flexibility index (Phi) is 10.7. The van der Waals surface area contributed by atoms with E-state index in [2.05, 4.69) is 5.32 Å². The predicted molar refractivity (Wildman–Crippen MR) is 140 cm³/mol. The number of hydrogen-bond acceptors (Lipinski definition) is 4. The van der Waals surface area contributed by atoms with E-state index >= 15 is 0 Å². The molecule has 0 radical (unpaired) electrons. The van der Waals surface area contributed by atoms with Gasteiger partial charge in [0.2, 0.25) is 11.8 Å².